The van der Waals surface area contributed by atoms with Crippen LogP contribution in [0.2, 0.25) is 10.0 Å². The van der Waals surface area contributed by atoms with Gasteiger partial charge >= 0.3 is 0 Å². The van der Waals surface area contributed by atoms with Gasteiger partial charge in [0.1, 0.15) is 5.56 Å². The Morgan fingerprint density at radius 1 is 1.03 bits per heavy atom. The Morgan fingerprint density at radius 3 is 2.41 bits per heavy atom. The van der Waals surface area contributed by atoms with Gasteiger partial charge in [-0.15, -0.1) is 0 Å². The van der Waals surface area contributed by atoms with Crippen LogP contribution in [0, 0.1) is 0 Å². The number of benzene rings is 1. The average Bonchev–Trinajstić information content (AvgIpc) is 3.14. The van der Waals surface area contributed by atoms with E-state index in [4.69, 9.17) is 23.2 Å². The van der Waals surface area contributed by atoms with E-state index in [-0.39, 0.29) is 18.0 Å². The summed E-state index contributed by atoms with van der Waals surface area (Å²) in [5.41, 5.74) is 2.03. The van der Waals surface area contributed by atoms with E-state index in [9.17, 15) is 15.0 Å². The molecular weight excluding hydrogens is 477 g/mol. The van der Waals surface area contributed by atoms with Crippen LogP contribution in [0.1, 0.15) is 15.9 Å². The van der Waals surface area contributed by atoms with Gasteiger partial charge in [0.25, 0.3) is 5.91 Å². The maximum Gasteiger partial charge on any atom is 0.259 e. The number of rotatable bonds is 7. The Labute approximate surface area is 208 Å². The van der Waals surface area contributed by atoms with E-state index in [0.717, 1.165) is 37.4 Å². The van der Waals surface area contributed by atoms with E-state index in [1.165, 1.54) is 15.7 Å². The Kier molecular flexibility index (Phi) is 7.50. The number of aromatic hydroxyl groups is 2. The molecule has 0 aliphatic carbocycles. The van der Waals surface area contributed by atoms with Crippen molar-refractivity contribution in [2.75, 3.05) is 44.7 Å². The van der Waals surface area contributed by atoms with Gasteiger partial charge in [-0.05, 0) is 29.8 Å². The summed E-state index contributed by atoms with van der Waals surface area (Å²) in [6, 6.07) is 9.18. The summed E-state index contributed by atoms with van der Waals surface area (Å²) < 4.78 is 1.52. The fourth-order valence-electron chi connectivity index (χ4n) is 4.08. The number of halogens is 2. The van der Waals surface area contributed by atoms with Gasteiger partial charge in [0.15, 0.2) is 5.75 Å². The van der Waals surface area contributed by atoms with E-state index in [1.54, 1.807) is 37.6 Å². The second kappa shape index (κ2) is 10.5. The molecule has 180 valence electrons. The Hall–Kier alpha value is -2.94. The van der Waals surface area contributed by atoms with Gasteiger partial charge in [-0.2, -0.15) is 0 Å². The molecule has 34 heavy (non-hydrogen) atoms. The van der Waals surface area contributed by atoms with Crippen molar-refractivity contribution >= 4 is 34.8 Å². The summed E-state index contributed by atoms with van der Waals surface area (Å²) in [6.45, 7) is 5.00. The Bertz CT molecular complexity index is 1150. The average molecular weight is 504 g/mol. The van der Waals surface area contributed by atoms with Crippen LogP contribution in [-0.4, -0.2) is 75.2 Å². The second-order valence-electron chi connectivity index (χ2n) is 8.35. The summed E-state index contributed by atoms with van der Waals surface area (Å²) in [4.78, 5) is 23.1. The molecule has 1 amide bonds. The molecule has 8 nitrogen and oxygen atoms in total. The zero-order chi connectivity index (χ0) is 24.2. The Balaban J connectivity index is 1.34. The van der Waals surface area contributed by atoms with Crippen molar-refractivity contribution in [2.24, 2.45) is 0 Å². The van der Waals surface area contributed by atoms with Crippen molar-refractivity contribution in [3.8, 4) is 11.6 Å². The summed E-state index contributed by atoms with van der Waals surface area (Å²) in [7, 11) is 1.63. The number of carbonyl (C=O) groups excluding carboxylic acids is 1. The van der Waals surface area contributed by atoms with Gasteiger partial charge in [0.05, 0.1) is 10.0 Å². The number of aromatic nitrogens is 2. The van der Waals surface area contributed by atoms with Crippen molar-refractivity contribution < 1.29 is 15.0 Å². The fourth-order valence-corrected chi connectivity index (χ4v) is 4.41. The molecule has 0 bridgehead atoms. The van der Waals surface area contributed by atoms with Gasteiger partial charge in [-0.25, -0.2) is 0 Å². The molecule has 1 aliphatic rings. The number of carbonyl (C=O) groups is 1. The number of nitrogens with zero attached hydrogens (tertiary/aromatic N) is 5. The van der Waals surface area contributed by atoms with Gasteiger partial charge in [-0.1, -0.05) is 29.3 Å². The topological polar surface area (TPSA) is 85.1 Å². The molecule has 10 heteroatoms. The van der Waals surface area contributed by atoms with E-state index >= 15 is 0 Å². The fraction of sp³-hybridized carbons (Fsp3) is 0.333. The summed E-state index contributed by atoms with van der Waals surface area (Å²) in [6.07, 6.45) is 5.10. The van der Waals surface area contributed by atoms with Crippen LogP contribution in [0.15, 0.2) is 48.9 Å². The van der Waals surface area contributed by atoms with Gasteiger partial charge in [0, 0.05) is 77.1 Å². The van der Waals surface area contributed by atoms with Crippen LogP contribution in [0.4, 0.5) is 5.69 Å². The van der Waals surface area contributed by atoms with E-state index in [1.807, 2.05) is 12.1 Å². The first-order valence-electron chi connectivity index (χ1n) is 11.0. The number of anilines is 1. The predicted octanol–water partition coefficient (Wildman–Crippen LogP) is 3.70. The number of hydrogen-bond acceptors (Lipinski definition) is 6. The molecule has 0 saturated carbocycles. The first-order chi connectivity index (χ1) is 16.3. The summed E-state index contributed by atoms with van der Waals surface area (Å²) in [5, 5.41) is 21.7. The van der Waals surface area contributed by atoms with Crippen LogP contribution in [0.5, 0.6) is 11.6 Å². The van der Waals surface area contributed by atoms with Gasteiger partial charge in [-0.3, -0.25) is 14.7 Å². The minimum atomic E-state index is -0.409. The van der Waals surface area contributed by atoms with Crippen molar-refractivity contribution in [1.29, 1.82) is 0 Å². The molecule has 1 saturated heterocycles. The molecule has 1 aliphatic heterocycles. The van der Waals surface area contributed by atoms with E-state index < -0.39 is 11.7 Å². The van der Waals surface area contributed by atoms with Crippen molar-refractivity contribution in [1.82, 2.24) is 19.4 Å². The lowest BCUT2D eigenvalue weighted by molar-refractivity contribution is 0.0782. The monoisotopic (exact) mass is 503 g/mol. The summed E-state index contributed by atoms with van der Waals surface area (Å²) >= 11 is 12.0. The number of amides is 1. The van der Waals surface area contributed by atoms with Gasteiger partial charge in [0.2, 0.25) is 5.88 Å². The smallest absolute Gasteiger partial charge is 0.259 e. The molecule has 0 spiro atoms. The third kappa shape index (κ3) is 5.41. The van der Waals surface area contributed by atoms with Crippen molar-refractivity contribution in [2.45, 2.75) is 13.1 Å². The molecular formula is C24H27Cl2N5O3. The number of pyridine rings is 1. The minimum Gasteiger partial charge on any atom is -0.503 e. The van der Waals surface area contributed by atoms with Crippen LogP contribution in [0.25, 0.3) is 0 Å². The normalized spacial score (nSPS) is 14.4. The lowest BCUT2D eigenvalue weighted by atomic mass is 10.2. The van der Waals surface area contributed by atoms with Gasteiger partial charge < -0.3 is 24.6 Å². The highest BCUT2D eigenvalue weighted by Crippen LogP contribution is 2.32. The zero-order valence-corrected chi connectivity index (χ0v) is 20.4. The van der Waals surface area contributed by atoms with Crippen LogP contribution < -0.4 is 4.90 Å². The highest BCUT2D eigenvalue weighted by Gasteiger charge is 2.24. The third-order valence-electron chi connectivity index (χ3n) is 6.06. The number of hydrogen-bond donors (Lipinski definition) is 2. The Morgan fingerprint density at radius 2 is 1.74 bits per heavy atom. The second-order valence-corrected chi connectivity index (χ2v) is 9.17. The molecule has 3 heterocycles. The first-order valence-corrected chi connectivity index (χ1v) is 11.8. The minimum absolute atomic E-state index is 0.0579. The molecule has 1 fully saturated rings. The standard InChI is InChI=1S/C24H27Cl2N5O3/c1-28(15-17-2-3-20(25)21(26)14-17)23(33)19-16-31(24(34)22(19)32)13-10-29-8-11-30(12-9-29)18-4-6-27-7-5-18/h2-7,14,16,32,34H,8-13,15H2,1H3. The zero-order valence-electron chi connectivity index (χ0n) is 18.9. The summed E-state index contributed by atoms with van der Waals surface area (Å²) in [5.74, 6) is -1.11. The van der Waals surface area contributed by atoms with Crippen molar-refractivity contribution in [3.63, 3.8) is 0 Å². The van der Waals surface area contributed by atoms with E-state index in [2.05, 4.69) is 14.8 Å². The number of piperazine rings is 1. The molecule has 3 aromatic rings. The van der Waals surface area contributed by atoms with Crippen LogP contribution in [0.3, 0.4) is 0 Å². The lowest BCUT2D eigenvalue weighted by Gasteiger charge is -2.36. The van der Waals surface area contributed by atoms with Crippen molar-refractivity contribution in [3.05, 3.63) is 70.1 Å². The maximum absolute atomic E-state index is 12.9. The molecule has 4 rings (SSSR count). The highest BCUT2D eigenvalue weighted by molar-refractivity contribution is 6.42. The molecule has 2 N–H and O–H groups in total. The van der Waals surface area contributed by atoms with Crippen LogP contribution in [-0.2, 0) is 13.1 Å². The molecule has 0 atom stereocenters. The van der Waals surface area contributed by atoms with E-state index in [0.29, 0.717) is 23.1 Å². The highest BCUT2D eigenvalue weighted by atomic mass is 35.5. The van der Waals surface area contributed by atoms with Crippen LogP contribution >= 0.6 is 23.2 Å². The predicted molar refractivity (Wildman–Crippen MR) is 133 cm³/mol. The third-order valence-corrected chi connectivity index (χ3v) is 6.80. The SMILES string of the molecule is CN(Cc1ccc(Cl)c(Cl)c1)C(=O)c1cn(CCN2CCN(c3ccncc3)CC2)c(O)c1O. The molecule has 0 unspecified atom stereocenters. The molecule has 1 aromatic carbocycles. The largest absolute Gasteiger partial charge is 0.503 e. The molecule has 2 aromatic heterocycles. The molecule has 0 radical (unpaired) electrons. The quantitative estimate of drug-likeness (QED) is 0.511. The first kappa shape index (κ1) is 24.2. The lowest BCUT2D eigenvalue weighted by Crippen LogP contribution is -2.47. The maximum atomic E-state index is 12.9.